The van der Waals surface area contributed by atoms with E-state index in [1.165, 1.54) is 13.8 Å². The number of imidazole rings is 1. The number of aliphatic hydroxyl groups excluding tert-OH is 2. The molecule has 3 unspecified atom stereocenters. The number of thioether (sulfide) groups is 1. The number of anilines is 1. The van der Waals surface area contributed by atoms with E-state index in [-0.39, 0.29) is 60.2 Å². The van der Waals surface area contributed by atoms with E-state index in [1.54, 1.807) is 30.3 Å². The Morgan fingerprint density at radius 3 is 2.34 bits per heavy atom. The number of amides is 2. The van der Waals surface area contributed by atoms with Crippen LogP contribution in [0.5, 0.6) is 0 Å². The smallest absolute Gasteiger partial charge is 0.481 e. The summed E-state index contributed by atoms with van der Waals surface area (Å²) in [6.07, 6.45) is -7.25. The van der Waals surface area contributed by atoms with Crippen molar-refractivity contribution in [2.45, 2.75) is 63.8 Å². The monoisotopic (exact) mass is 957 g/mol. The molecule has 0 saturated carbocycles. The summed E-state index contributed by atoms with van der Waals surface area (Å²) in [4.78, 5) is 100.0. The van der Waals surface area contributed by atoms with Gasteiger partial charge in [-0.05, 0) is 12.0 Å². The second-order valence-electron chi connectivity index (χ2n) is 14.2. The third-order valence-corrected chi connectivity index (χ3v) is 13.0. The summed E-state index contributed by atoms with van der Waals surface area (Å²) in [5.74, 6) is -3.34. The zero-order chi connectivity index (χ0) is 46.0. The van der Waals surface area contributed by atoms with Gasteiger partial charge in [0, 0.05) is 36.6 Å². The van der Waals surface area contributed by atoms with Crippen LogP contribution in [0.2, 0.25) is 0 Å². The molecule has 30 heteroatoms. The number of nitrogens with one attached hydrogen (secondary N) is 2. The summed E-state index contributed by atoms with van der Waals surface area (Å²) in [5.41, 5.74) is 5.00. The van der Waals surface area contributed by atoms with Crippen molar-refractivity contribution in [3.8, 4) is 0 Å². The lowest BCUT2D eigenvalue weighted by atomic mass is 9.87. The molecule has 0 aliphatic carbocycles. The molecule has 4 rings (SSSR count). The van der Waals surface area contributed by atoms with Gasteiger partial charge in [-0.15, -0.1) is 0 Å². The number of nitrogens with two attached hydrogens (primary N) is 1. The van der Waals surface area contributed by atoms with Gasteiger partial charge in [0.15, 0.2) is 22.8 Å². The average Bonchev–Trinajstić information content (AvgIpc) is 3.74. The summed E-state index contributed by atoms with van der Waals surface area (Å²) >= 11 is 0.876. The molecule has 62 heavy (non-hydrogen) atoms. The van der Waals surface area contributed by atoms with Crippen molar-refractivity contribution >= 4 is 75.1 Å². The molecule has 344 valence electrons. The molecule has 2 aromatic heterocycles. The fourth-order valence-electron chi connectivity index (χ4n) is 5.75. The topological polar surface area (TPSA) is 401 Å². The van der Waals surface area contributed by atoms with Crippen LogP contribution in [0.3, 0.4) is 0 Å². The molecule has 2 amide bonds. The summed E-state index contributed by atoms with van der Waals surface area (Å²) in [7, 11) is -16.5. The molecule has 1 aliphatic rings. The normalized spacial score (nSPS) is 21.1. The number of carboxylic acid groups (broad SMARTS) is 1. The van der Waals surface area contributed by atoms with Gasteiger partial charge in [0.25, 0.3) is 0 Å². The lowest BCUT2D eigenvalue weighted by molar-refractivity contribution is -0.139. The Kier molecular flexibility index (Phi) is 17.9. The van der Waals surface area contributed by atoms with E-state index >= 15 is 0 Å². The highest BCUT2D eigenvalue weighted by atomic mass is 32.2. The lowest BCUT2D eigenvalue weighted by Crippen LogP contribution is -2.46. The van der Waals surface area contributed by atoms with Gasteiger partial charge in [0.2, 0.25) is 11.8 Å². The molecule has 1 aromatic carbocycles. The minimum Gasteiger partial charge on any atom is -0.481 e. The van der Waals surface area contributed by atoms with Crippen LogP contribution in [0.4, 0.5) is 5.82 Å². The first-order valence-electron chi connectivity index (χ1n) is 18.2. The molecule has 1 saturated heterocycles. The first-order valence-corrected chi connectivity index (χ1v) is 23.7. The number of aliphatic carboxylic acids is 1. The van der Waals surface area contributed by atoms with E-state index in [0.717, 1.165) is 34.5 Å². The Hall–Kier alpha value is -3.75. The van der Waals surface area contributed by atoms with E-state index < -0.39 is 96.4 Å². The minimum atomic E-state index is -5.60. The zero-order valence-corrected chi connectivity index (χ0v) is 36.3. The predicted molar refractivity (Wildman–Crippen MR) is 213 cm³/mol. The highest BCUT2D eigenvalue weighted by Crippen LogP contribution is 2.61. The second kappa shape index (κ2) is 21.8. The van der Waals surface area contributed by atoms with E-state index in [4.69, 9.17) is 19.5 Å². The maximum Gasteiger partial charge on any atom is 0.481 e. The van der Waals surface area contributed by atoms with Crippen LogP contribution in [0.1, 0.15) is 38.5 Å². The number of carbonyl (C=O) groups is 4. The van der Waals surface area contributed by atoms with Crippen LogP contribution in [-0.4, -0.2) is 134 Å². The number of ether oxygens (including phenoxy) is 1. The molecule has 3 aromatic rings. The quantitative estimate of drug-likeness (QED) is 0.0417. The van der Waals surface area contributed by atoms with Gasteiger partial charge < -0.3 is 56.0 Å². The number of rotatable bonds is 24. The summed E-state index contributed by atoms with van der Waals surface area (Å²) in [6, 6.07) is 8.92. The number of carbonyl (C=O) groups excluding carboxylic acids is 3. The Balaban J connectivity index is 1.21. The van der Waals surface area contributed by atoms with Crippen molar-refractivity contribution in [1.82, 2.24) is 30.2 Å². The largest absolute Gasteiger partial charge is 0.481 e. The highest BCUT2D eigenvalue weighted by molar-refractivity contribution is 8.13. The van der Waals surface area contributed by atoms with Gasteiger partial charge in [-0.25, -0.2) is 28.6 Å². The number of hydrogen-bond acceptors (Lipinski definition) is 19. The van der Waals surface area contributed by atoms with Crippen LogP contribution < -0.4 is 16.4 Å². The van der Waals surface area contributed by atoms with Gasteiger partial charge in [0.1, 0.15) is 36.3 Å². The number of nitrogens with zero attached hydrogens (tertiary/aromatic N) is 4. The first-order chi connectivity index (χ1) is 28.9. The number of aliphatic hydroxyl groups is 2. The van der Waals surface area contributed by atoms with Crippen molar-refractivity contribution in [2.75, 3.05) is 37.8 Å². The van der Waals surface area contributed by atoms with Crippen LogP contribution in [0.15, 0.2) is 43.0 Å². The van der Waals surface area contributed by atoms with Crippen molar-refractivity contribution < 1.29 is 90.4 Å². The van der Waals surface area contributed by atoms with Crippen LogP contribution in [0.25, 0.3) is 11.2 Å². The average molecular weight is 958 g/mol. The number of phosphoric ester groups is 3. The van der Waals surface area contributed by atoms with Crippen molar-refractivity contribution in [3.63, 3.8) is 0 Å². The van der Waals surface area contributed by atoms with Gasteiger partial charge >= 0.3 is 29.4 Å². The van der Waals surface area contributed by atoms with Gasteiger partial charge in [-0.1, -0.05) is 55.9 Å². The van der Waals surface area contributed by atoms with Crippen molar-refractivity contribution in [3.05, 3.63) is 48.5 Å². The van der Waals surface area contributed by atoms with Gasteiger partial charge in [0.05, 0.1) is 26.0 Å². The first kappa shape index (κ1) is 50.9. The maximum absolute atomic E-state index is 12.7. The van der Waals surface area contributed by atoms with Crippen LogP contribution in [-0.2, 0) is 61.9 Å². The lowest BCUT2D eigenvalue weighted by Gasteiger charge is -2.30. The second-order valence-corrected chi connectivity index (χ2v) is 19.6. The molecule has 8 atom stereocenters. The molecule has 0 spiro atoms. The Bertz CT molecular complexity index is 2200. The zero-order valence-electron chi connectivity index (χ0n) is 32.8. The Morgan fingerprint density at radius 2 is 1.68 bits per heavy atom. The van der Waals surface area contributed by atoms with Crippen LogP contribution >= 0.6 is 35.2 Å². The van der Waals surface area contributed by atoms with Crippen molar-refractivity contribution in [2.24, 2.45) is 11.3 Å². The van der Waals surface area contributed by atoms with Gasteiger partial charge in [-0.3, -0.25) is 37.3 Å². The van der Waals surface area contributed by atoms with E-state index in [1.807, 2.05) is 0 Å². The fraction of sp³-hybridized carbons (Fsp3) is 0.531. The summed E-state index contributed by atoms with van der Waals surface area (Å²) in [6.45, 7) is 0.165. The number of carboxylic acids is 1. The molecule has 0 bridgehead atoms. The number of hydrogen-bond donors (Lipinski definition) is 10. The SMILES string of the molecule is CC(C)(COP(=O)(O)OP(=O)(O)OC[C@H]1O[C@@H](n2cnc3c(N)ncnc32)[C@H](O)[C@@H]1OP(=O)(O)O)C(O)C(=O)NCCC(=O)NCCSC(=O)[C@@H](CC(=O)O)Cc1ccccc1. The number of fused-ring (bicyclic) bond motifs is 1. The van der Waals surface area contributed by atoms with E-state index in [9.17, 15) is 67.8 Å². The number of benzene rings is 1. The van der Waals surface area contributed by atoms with Crippen molar-refractivity contribution in [1.29, 1.82) is 0 Å². The Labute approximate surface area is 356 Å². The fourth-order valence-corrected chi connectivity index (χ4v) is 9.38. The number of nitrogen functional groups attached to an aromatic ring is 1. The van der Waals surface area contributed by atoms with Crippen LogP contribution in [0, 0.1) is 11.3 Å². The Morgan fingerprint density at radius 1 is 1.00 bits per heavy atom. The molecule has 11 N–H and O–H groups in total. The molecule has 3 heterocycles. The summed E-state index contributed by atoms with van der Waals surface area (Å²) in [5, 5.41) is 35.3. The maximum atomic E-state index is 12.7. The highest BCUT2D eigenvalue weighted by Gasteiger charge is 2.50. The third-order valence-electron chi connectivity index (χ3n) is 8.83. The predicted octanol–water partition coefficient (Wildman–Crippen LogP) is -0.00170. The number of aromatic nitrogens is 4. The molecule has 0 radical (unpaired) electrons. The minimum absolute atomic E-state index is 0.0182. The molecule has 26 nitrogen and oxygen atoms in total. The molecular weight excluding hydrogens is 911 g/mol. The van der Waals surface area contributed by atoms with E-state index in [2.05, 4.69) is 34.4 Å². The van der Waals surface area contributed by atoms with E-state index in [0.29, 0.717) is 0 Å². The standard InChI is InChI=1S/C32H46N7O19P3S/c1-32(2,26(44)29(45)35-9-8-21(40)34-10-11-62-31(46)19(13-22(41)42)12-18-6-4-3-5-7-18)15-55-61(52,53)58-60(50,51)54-14-20-25(57-59(47,48)49)24(43)30(56-20)39-17-38-23-27(33)36-16-37-28(23)39/h3-7,16-17,19-20,24-26,30,43-44H,8-15H2,1-2H3,(H,34,40)(H,35,45)(H,41,42)(H,50,51)(H,52,53)(H2,33,36,37)(H2,47,48,49)/t19-,20-,24-,25-,26?,30-/m1/s1. The third kappa shape index (κ3) is 15.2. The summed E-state index contributed by atoms with van der Waals surface area (Å²) < 4.78 is 62.2. The number of phosphoric acid groups is 3. The molecule has 1 aliphatic heterocycles. The molecule has 1 fully saturated rings. The van der Waals surface area contributed by atoms with Gasteiger partial charge in [-0.2, -0.15) is 4.31 Å². The molecular formula is C32H46N7O19P3S.